The van der Waals surface area contributed by atoms with E-state index in [9.17, 15) is 4.79 Å². The van der Waals surface area contributed by atoms with E-state index in [1.165, 1.54) is 5.56 Å². The molecular weight excluding hydrogens is 368 g/mol. The van der Waals surface area contributed by atoms with E-state index < -0.39 is 0 Å². The van der Waals surface area contributed by atoms with Gasteiger partial charge in [0.25, 0.3) is 0 Å². The van der Waals surface area contributed by atoms with Crippen molar-refractivity contribution in [2.45, 2.75) is 40.0 Å². The number of rotatable bonds is 10. The number of aryl methyl sites for hydroxylation is 1. The lowest BCUT2D eigenvalue weighted by Gasteiger charge is -2.17. The predicted octanol–water partition coefficient (Wildman–Crippen LogP) is 4.02. The number of nitrogens with one attached hydrogen (secondary N) is 1. The molecular formula is C22H30N4OS. The van der Waals surface area contributed by atoms with Gasteiger partial charge in [0.2, 0.25) is 5.91 Å². The quantitative estimate of drug-likeness (QED) is 0.525. The summed E-state index contributed by atoms with van der Waals surface area (Å²) in [5.41, 5.74) is 4.38. The summed E-state index contributed by atoms with van der Waals surface area (Å²) in [7, 11) is 0. The van der Waals surface area contributed by atoms with Gasteiger partial charge in [0.05, 0.1) is 12.1 Å². The van der Waals surface area contributed by atoms with Crippen molar-refractivity contribution in [3.8, 4) is 11.3 Å². The van der Waals surface area contributed by atoms with Crippen LogP contribution in [0.2, 0.25) is 0 Å². The predicted molar refractivity (Wildman–Crippen MR) is 117 cm³/mol. The number of carbonyl (C=O) groups is 1. The molecule has 2 aromatic heterocycles. The molecule has 28 heavy (non-hydrogen) atoms. The molecule has 6 heteroatoms. The maximum Gasteiger partial charge on any atom is 0.225 e. The number of benzene rings is 1. The van der Waals surface area contributed by atoms with Gasteiger partial charge in [-0.15, -0.1) is 11.3 Å². The van der Waals surface area contributed by atoms with Gasteiger partial charge < -0.3 is 10.2 Å². The van der Waals surface area contributed by atoms with Crippen LogP contribution in [0.1, 0.15) is 38.4 Å². The van der Waals surface area contributed by atoms with E-state index in [1.54, 1.807) is 11.3 Å². The molecule has 1 aromatic carbocycles. The van der Waals surface area contributed by atoms with Crippen molar-refractivity contribution >= 4 is 22.2 Å². The number of imidazole rings is 1. The standard InChI is InChI=1S/C22H30N4OS/c1-4-17-8-10-18(11-9-17)20-15-26-19(16-28-22(26)24-20)14-21(27)23-12-7-13-25(5-2)6-3/h8-11,15-16H,4-7,12-14H2,1-3H3,(H,23,27). The Morgan fingerprint density at radius 2 is 1.93 bits per heavy atom. The molecule has 0 aliphatic carbocycles. The van der Waals surface area contributed by atoms with Gasteiger partial charge in [-0.3, -0.25) is 9.20 Å². The van der Waals surface area contributed by atoms with Crippen molar-refractivity contribution in [3.63, 3.8) is 0 Å². The first kappa shape index (κ1) is 20.6. The van der Waals surface area contributed by atoms with E-state index in [0.717, 1.165) is 60.9 Å². The maximum absolute atomic E-state index is 12.3. The summed E-state index contributed by atoms with van der Waals surface area (Å²) in [4.78, 5) is 20.4. The number of hydrogen-bond acceptors (Lipinski definition) is 4. The zero-order valence-electron chi connectivity index (χ0n) is 17.1. The summed E-state index contributed by atoms with van der Waals surface area (Å²) in [6, 6.07) is 8.53. The first-order valence-electron chi connectivity index (χ1n) is 10.2. The average molecular weight is 399 g/mol. The molecule has 0 fully saturated rings. The normalized spacial score (nSPS) is 11.4. The Morgan fingerprint density at radius 3 is 2.61 bits per heavy atom. The Kier molecular flexibility index (Phi) is 7.23. The molecule has 0 spiro atoms. The van der Waals surface area contributed by atoms with Crippen molar-refractivity contribution in [2.75, 3.05) is 26.2 Å². The molecule has 0 saturated heterocycles. The topological polar surface area (TPSA) is 49.6 Å². The number of thiazole rings is 1. The van der Waals surface area contributed by atoms with E-state index in [2.05, 4.69) is 55.3 Å². The second kappa shape index (κ2) is 9.85. The molecule has 0 unspecified atom stereocenters. The largest absolute Gasteiger partial charge is 0.356 e. The van der Waals surface area contributed by atoms with E-state index in [-0.39, 0.29) is 5.91 Å². The molecule has 5 nitrogen and oxygen atoms in total. The van der Waals surface area contributed by atoms with Gasteiger partial charge in [0.15, 0.2) is 4.96 Å². The molecule has 0 atom stereocenters. The fourth-order valence-corrected chi connectivity index (χ4v) is 4.18. The second-order valence-corrected chi connectivity index (χ2v) is 7.80. The SMILES string of the molecule is CCc1ccc(-c2cn3c(CC(=O)NCCCN(CC)CC)csc3n2)cc1. The van der Waals surface area contributed by atoms with Gasteiger partial charge in [-0.1, -0.05) is 45.0 Å². The average Bonchev–Trinajstić information content (AvgIpc) is 3.30. The van der Waals surface area contributed by atoms with Crippen molar-refractivity contribution in [3.05, 3.63) is 47.1 Å². The van der Waals surface area contributed by atoms with Crippen molar-refractivity contribution in [1.82, 2.24) is 19.6 Å². The van der Waals surface area contributed by atoms with Crippen LogP contribution in [0.15, 0.2) is 35.8 Å². The molecule has 2 heterocycles. The van der Waals surface area contributed by atoms with Gasteiger partial charge >= 0.3 is 0 Å². The molecule has 3 rings (SSSR count). The Hall–Kier alpha value is -2.18. The van der Waals surface area contributed by atoms with Gasteiger partial charge in [-0.05, 0) is 38.0 Å². The minimum absolute atomic E-state index is 0.0711. The first-order valence-corrected chi connectivity index (χ1v) is 11.1. The van der Waals surface area contributed by atoms with Crippen LogP contribution >= 0.6 is 11.3 Å². The highest BCUT2D eigenvalue weighted by molar-refractivity contribution is 7.15. The van der Waals surface area contributed by atoms with Crippen molar-refractivity contribution in [2.24, 2.45) is 0 Å². The molecule has 1 amide bonds. The Bertz CT molecular complexity index is 893. The summed E-state index contributed by atoms with van der Waals surface area (Å²) in [5.74, 6) is 0.0711. The third kappa shape index (κ3) is 5.00. The van der Waals surface area contributed by atoms with Crippen molar-refractivity contribution in [1.29, 1.82) is 0 Å². The third-order valence-electron chi connectivity index (χ3n) is 5.15. The third-order valence-corrected chi connectivity index (χ3v) is 6.04. The summed E-state index contributed by atoms with van der Waals surface area (Å²) in [6.07, 6.45) is 4.44. The van der Waals surface area contributed by atoms with Crippen LogP contribution in [0.3, 0.4) is 0 Å². The molecule has 150 valence electrons. The Labute approximate surface area is 171 Å². The minimum atomic E-state index is 0.0711. The smallest absolute Gasteiger partial charge is 0.225 e. The van der Waals surface area contributed by atoms with Crippen LogP contribution in [-0.4, -0.2) is 46.4 Å². The summed E-state index contributed by atoms with van der Waals surface area (Å²) in [6.45, 7) is 10.4. The fraction of sp³-hybridized carbons (Fsp3) is 0.455. The van der Waals surface area contributed by atoms with Crippen LogP contribution in [0, 0.1) is 0 Å². The number of carbonyl (C=O) groups excluding carboxylic acids is 1. The van der Waals surface area contributed by atoms with Gasteiger partial charge in [0, 0.05) is 29.4 Å². The monoisotopic (exact) mass is 398 g/mol. The lowest BCUT2D eigenvalue weighted by Crippen LogP contribution is -2.30. The van der Waals surface area contributed by atoms with Crippen LogP contribution in [-0.2, 0) is 17.6 Å². The summed E-state index contributed by atoms with van der Waals surface area (Å²) >= 11 is 1.58. The number of nitrogens with zero attached hydrogens (tertiary/aromatic N) is 3. The molecule has 1 N–H and O–H groups in total. The van der Waals surface area contributed by atoms with E-state index in [0.29, 0.717) is 6.42 Å². The van der Waals surface area contributed by atoms with Crippen molar-refractivity contribution < 1.29 is 4.79 Å². The van der Waals surface area contributed by atoms with Crippen LogP contribution in [0.4, 0.5) is 0 Å². The molecule has 0 radical (unpaired) electrons. The highest BCUT2D eigenvalue weighted by atomic mass is 32.1. The van der Waals surface area contributed by atoms with E-state index >= 15 is 0 Å². The molecule has 0 aliphatic rings. The zero-order chi connectivity index (χ0) is 19.9. The van der Waals surface area contributed by atoms with Crippen LogP contribution < -0.4 is 5.32 Å². The lowest BCUT2D eigenvalue weighted by molar-refractivity contribution is -0.120. The van der Waals surface area contributed by atoms with Gasteiger partial charge in [-0.25, -0.2) is 4.98 Å². The molecule has 0 aliphatic heterocycles. The minimum Gasteiger partial charge on any atom is -0.356 e. The first-order chi connectivity index (χ1) is 13.6. The maximum atomic E-state index is 12.3. The van der Waals surface area contributed by atoms with Gasteiger partial charge in [0.1, 0.15) is 0 Å². The van der Waals surface area contributed by atoms with E-state index in [4.69, 9.17) is 4.98 Å². The summed E-state index contributed by atoms with van der Waals surface area (Å²) in [5, 5.41) is 5.08. The zero-order valence-corrected chi connectivity index (χ0v) is 17.9. The summed E-state index contributed by atoms with van der Waals surface area (Å²) < 4.78 is 2.04. The van der Waals surface area contributed by atoms with Crippen LogP contribution in [0.5, 0.6) is 0 Å². The van der Waals surface area contributed by atoms with Gasteiger partial charge in [-0.2, -0.15) is 0 Å². The number of aromatic nitrogens is 2. The highest BCUT2D eigenvalue weighted by Gasteiger charge is 2.12. The second-order valence-electron chi connectivity index (χ2n) is 6.96. The Balaban J connectivity index is 1.59. The highest BCUT2D eigenvalue weighted by Crippen LogP contribution is 2.24. The number of amides is 1. The van der Waals surface area contributed by atoms with E-state index in [1.807, 2.05) is 16.0 Å². The number of fused-ring (bicyclic) bond motifs is 1. The molecule has 0 bridgehead atoms. The molecule has 3 aromatic rings. The van der Waals surface area contributed by atoms with Crippen LogP contribution in [0.25, 0.3) is 16.2 Å². The Morgan fingerprint density at radius 1 is 1.18 bits per heavy atom. The fourth-order valence-electron chi connectivity index (χ4n) is 3.30. The lowest BCUT2D eigenvalue weighted by atomic mass is 10.1. The molecule has 0 saturated carbocycles. The number of hydrogen-bond donors (Lipinski definition) is 1.